The van der Waals surface area contributed by atoms with Gasteiger partial charge in [-0.1, -0.05) is 0 Å². The Kier molecular flexibility index (Phi) is 4.97. The Hall–Kier alpha value is -2.04. The SMILES string of the molecule is O=C(O)CNC(=O)[C@H]1C[C@@H](O)CN1S(=O)(=O)c1ccc(F)cc1. The molecule has 1 aromatic rings. The van der Waals surface area contributed by atoms with Gasteiger partial charge < -0.3 is 15.5 Å². The lowest BCUT2D eigenvalue weighted by Gasteiger charge is -2.22. The van der Waals surface area contributed by atoms with Crippen LogP contribution in [0.3, 0.4) is 0 Å². The van der Waals surface area contributed by atoms with Gasteiger partial charge in [0.15, 0.2) is 0 Å². The molecule has 1 heterocycles. The van der Waals surface area contributed by atoms with Crippen molar-refractivity contribution in [1.82, 2.24) is 9.62 Å². The van der Waals surface area contributed by atoms with Crippen molar-refractivity contribution in [2.24, 2.45) is 0 Å². The third-order valence-corrected chi connectivity index (χ3v) is 5.26. The molecule has 0 radical (unpaired) electrons. The maximum atomic E-state index is 12.9. The van der Waals surface area contributed by atoms with Gasteiger partial charge in [0.05, 0.1) is 11.0 Å². The summed E-state index contributed by atoms with van der Waals surface area (Å²) in [4.78, 5) is 22.3. The molecule has 0 aromatic heterocycles. The summed E-state index contributed by atoms with van der Waals surface area (Å²) in [5, 5.41) is 20.3. The van der Waals surface area contributed by atoms with Gasteiger partial charge >= 0.3 is 5.97 Å². The van der Waals surface area contributed by atoms with E-state index in [2.05, 4.69) is 5.32 Å². The highest BCUT2D eigenvalue weighted by Crippen LogP contribution is 2.26. The second-order valence-corrected chi connectivity index (χ2v) is 6.94. The van der Waals surface area contributed by atoms with E-state index in [9.17, 15) is 27.5 Å². The standard InChI is InChI=1S/C13H15FN2O6S/c14-8-1-3-10(4-2-8)23(21,22)16-7-9(17)5-11(16)13(20)15-6-12(18)19/h1-4,9,11,17H,5-7H2,(H,15,20)(H,18,19)/t9-,11-/m1/s1. The van der Waals surface area contributed by atoms with Crippen molar-refractivity contribution in [1.29, 1.82) is 0 Å². The minimum absolute atomic E-state index is 0.147. The molecule has 3 N–H and O–H groups in total. The molecule has 0 unspecified atom stereocenters. The van der Waals surface area contributed by atoms with Crippen LogP contribution in [0.25, 0.3) is 0 Å². The average molecular weight is 346 g/mol. The number of amides is 1. The molecule has 0 spiro atoms. The molecule has 8 nitrogen and oxygen atoms in total. The maximum Gasteiger partial charge on any atom is 0.322 e. The number of sulfonamides is 1. The number of hydrogen-bond acceptors (Lipinski definition) is 5. The summed E-state index contributed by atoms with van der Waals surface area (Å²) in [7, 11) is -4.12. The highest BCUT2D eigenvalue weighted by atomic mass is 32.2. The third kappa shape index (κ3) is 3.84. The average Bonchev–Trinajstić information content (AvgIpc) is 2.88. The molecule has 0 bridgehead atoms. The highest BCUT2D eigenvalue weighted by Gasteiger charge is 2.43. The number of carbonyl (C=O) groups excluding carboxylic acids is 1. The number of rotatable bonds is 5. The Bertz CT molecular complexity index is 706. The third-order valence-electron chi connectivity index (χ3n) is 3.37. The lowest BCUT2D eigenvalue weighted by atomic mass is 10.2. The smallest absolute Gasteiger partial charge is 0.322 e. The van der Waals surface area contributed by atoms with E-state index >= 15 is 0 Å². The van der Waals surface area contributed by atoms with E-state index < -0.39 is 46.4 Å². The van der Waals surface area contributed by atoms with Gasteiger partial charge in [-0.05, 0) is 24.3 Å². The lowest BCUT2D eigenvalue weighted by Crippen LogP contribution is -2.46. The Balaban J connectivity index is 2.25. The summed E-state index contributed by atoms with van der Waals surface area (Å²) < 4.78 is 38.8. The van der Waals surface area contributed by atoms with E-state index in [1.54, 1.807) is 0 Å². The van der Waals surface area contributed by atoms with Gasteiger partial charge in [0, 0.05) is 13.0 Å². The molecule has 1 aliphatic heterocycles. The van der Waals surface area contributed by atoms with Crippen LogP contribution >= 0.6 is 0 Å². The second-order valence-electron chi connectivity index (χ2n) is 5.05. The van der Waals surface area contributed by atoms with Crippen molar-refractivity contribution in [2.75, 3.05) is 13.1 Å². The fourth-order valence-electron chi connectivity index (χ4n) is 2.31. The largest absolute Gasteiger partial charge is 0.480 e. The molecule has 1 saturated heterocycles. The Morgan fingerprint density at radius 3 is 2.48 bits per heavy atom. The fraction of sp³-hybridized carbons (Fsp3) is 0.385. The monoisotopic (exact) mass is 346 g/mol. The molecule has 0 saturated carbocycles. The molecule has 23 heavy (non-hydrogen) atoms. The van der Waals surface area contributed by atoms with Crippen molar-refractivity contribution in [2.45, 2.75) is 23.5 Å². The molecular weight excluding hydrogens is 331 g/mol. The zero-order valence-corrected chi connectivity index (χ0v) is 12.7. The van der Waals surface area contributed by atoms with Gasteiger partial charge in [-0.2, -0.15) is 4.31 Å². The van der Waals surface area contributed by atoms with Crippen molar-refractivity contribution >= 4 is 21.9 Å². The van der Waals surface area contributed by atoms with Crippen LogP contribution in [0.5, 0.6) is 0 Å². The zero-order chi connectivity index (χ0) is 17.2. The van der Waals surface area contributed by atoms with E-state index in [1.807, 2.05) is 0 Å². The quantitative estimate of drug-likeness (QED) is 0.638. The number of β-amino-alcohol motifs (C(OH)–C–C–N with tert-alkyl or cyclic N) is 1. The van der Waals surface area contributed by atoms with Gasteiger partial charge in [0.2, 0.25) is 15.9 Å². The van der Waals surface area contributed by atoms with Crippen LogP contribution in [0.2, 0.25) is 0 Å². The number of aliphatic carboxylic acids is 1. The molecule has 0 aliphatic carbocycles. The van der Waals surface area contributed by atoms with E-state index in [4.69, 9.17) is 5.11 Å². The van der Waals surface area contributed by atoms with Gasteiger partial charge in [0.25, 0.3) is 0 Å². The number of carboxylic acids is 1. The second kappa shape index (κ2) is 6.60. The van der Waals surface area contributed by atoms with Crippen LogP contribution in [0, 0.1) is 5.82 Å². The molecule has 2 atom stereocenters. The molecule has 1 aliphatic rings. The Morgan fingerprint density at radius 2 is 1.91 bits per heavy atom. The van der Waals surface area contributed by atoms with Gasteiger partial charge in [-0.25, -0.2) is 12.8 Å². The number of benzene rings is 1. The first-order chi connectivity index (χ1) is 10.7. The van der Waals surface area contributed by atoms with Crippen molar-refractivity contribution in [3.8, 4) is 0 Å². The summed E-state index contributed by atoms with van der Waals surface area (Å²) in [6.45, 7) is -0.958. The molecular formula is C13H15FN2O6S. The van der Waals surface area contributed by atoms with Crippen LogP contribution in [0.4, 0.5) is 4.39 Å². The Morgan fingerprint density at radius 1 is 1.30 bits per heavy atom. The fourth-order valence-corrected chi connectivity index (χ4v) is 3.95. The summed E-state index contributed by atoms with van der Waals surface area (Å²) in [5.41, 5.74) is 0. The first kappa shape index (κ1) is 17.3. The highest BCUT2D eigenvalue weighted by molar-refractivity contribution is 7.89. The number of aliphatic hydroxyl groups excluding tert-OH is 1. The van der Waals surface area contributed by atoms with Crippen molar-refractivity contribution in [3.63, 3.8) is 0 Å². The minimum Gasteiger partial charge on any atom is -0.480 e. The molecule has 1 aromatic carbocycles. The normalized spacial score (nSPS) is 22.0. The van der Waals surface area contributed by atoms with E-state index in [0.717, 1.165) is 28.6 Å². The molecule has 126 valence electrons. The summed E-state index contributed by atoms with van der Waals surface area (Å²) in [5.74, 6) is -2.69. The Labute approximate surface area is 131 Å². The number of hydrogen-bond donors (Lipinski definition) is 3. The maximum absolute atomic E-state index is 12.9. The van der Waals surface area contributed by atoms with Crippen LogP contribution in [0.1, 0.15) is 6.42 Å². The van der Waals surface area contributed by atoms with Crippen LogP contribution in [-0.4, -0.2) is 60.0 Å². The zero-order valence-electron chi connectivity index (χ0n) is 11.8. The predicted molar refractivity (Wildman–Crippen MR) is 75.3 cm³/mol. The molecule has 2 rings (SSSR count). The van der Waals surface area contributed by atoms with Crippen LogP contribution in [-0.2, 0) is 19.6 Å². The summed E-state index contributed by atoms with van der Waals surface area (Å²) in [6.07, 6.45) is -1.20. The van der Waals surface area contributed by atoms with Crippen LogP contribution < -0.4 is 5.32 Å². The topological polar surface area (TPSA) is 124 Å². The number of halogens is 1. The number of nitrogens with zero attached hydrogens (tertiary/aromatic N) is 1. The van der Waals surface area contributed by atoms with E-state index in [0.29, 0.717) is 0 Å². The number of nitrogens with one attached hydrogen (secondary N) is 1. The van der Waals surface area contributed by atoms with E-state index in [1.165, 1.54) is 0 Å². The molecule has 1 fully saturated rings. The molecule has 1 amide bonds. The molecule has 10 heteroatoms. The minimum atomic E-state index is -4.12. The first-order valence-corrected chi connectivity index (χ1v) is 8.11. The van der Waals surface area contributed by atoms with Gasteiger partial charge in [-0.15, -0.1) is 0 Å². The van der Waals surface area contributed by atoms with Crippen LogP contribution in [0.15, 0.2) is 29.2 Å². The van der Waals surface area contributed by atoms with Crippen molar-refractivity contribution in [3.05, 3.63) is 30.1 Å². The number of aliphatic hydroxyl groups is 1. The predicted octanol–water partition coefficient (Wildman–Crippen LogP) is -0.850. The van der Waals surface area contributed by atoms with E-state index in [-0.39, 0.29) is 17.9 Å². The summed E-state index contributed by atoms with van der Waals surface area (Å²) in [6, 6.07) is 2.83. The lowest BCUT2D eigenvalue weighted by molar-refractivity contribution is -0.138. The number of carboxylic acid groups (broad SMARTS) is 1. The first-order valence-electron chi connectivity index (χ1n) is 6.67. The summed E-state index contributed by atoms with van der Waals surface area (Å²) >= 11 is 0. The van der Waals surface area contributed by atoms with Gasteiger partial charge in [0.1, 0.15) is 18.4 Å². The van der Waals surface area contributed by atoms with Crippen molar-refractivity contribution < 1.29 is 32.6 Å². The van der Waals surface area contributed by atoms with Gasteiger partial charge in [-0.3, -0.25) is 9.59 Å². The number of carbonyl (C=O) groups is 2.